The van der Waals surface area contributed by atoms with Crippen molar-refractivity contribution in [1.82, 2.24) is 14.2 Å². The molecule has 8 heteroatoms. The number of anilines is 1. The minimum atomic E-state index is -3.72. The van der Waals surface area contributed by atoms with Crippen molar-refractivity contribution in [3.05, 3.63) is 18.3 Å². The topological polar surface area (TPSA) is 82.6 Å². The lowest BCUT2D eigenvalue weighted by atomic mass is 10.4. The zero-order valence-corrected chi connectivity index (χ0v) is 12.4. The molecule has 0 aromatic carbocycles. The van der Waals surface area contributed by atoms with Gasteiger partial charge >= 0.3 is 0 Å². The van der Waals surface area contributed by atoms with Crippen molar-refractivity contribution < 1.29 is 13.2 Å². The lowest BCUT2D eigenvalue weighted by Crippen LogP contribution is -2.38. The van der Waals surface area contributed by atoms with Gasteiger partial charge in [-0.15, -0.1) is 0 Å². The van der Waals surface area contributed by atoms with Gasteiger partial charge in [0.1, 0.15) is 10.7 Å². The lowest BCUT2D eigenvalue weighted by molar-refractivity contribution is -0.129. The van der Waals surface area contributed by atoms with Gasteiger partial charge in [-0.2, -0.15) is 4.31 Å². The van der Waals surface area contributed by atoms with Gasteiger partial charge in [0.25, 0.3) is 0 Å². The molecule has 1 aliphatic heterocycles. The molecule has 0 atom stereocenters. The number of hydrogen-bond donors (Lipinski definition) is 1. The number of pyridine rings is 1. The van der Waals surface area contributed by atoms with E-state index in [2.05, 4.69) is 10.3 Å². The van der Waals surface area contributed by atoms with Crippen molar-refractivity contribution in [2.24, 2.45) is 0 Å². The molecule has 1 aromatic rings. The Balaban J connectivity index is 2.37. The summed E-state index contributed by atoms with van der Waals surface area (Å²) in [5.41, 5.74) is 0. The number of carbonyl (C=O) groups excluding carboxylic acids is 1. The Morgan fingerprint density at radius 2 is 2.10 bits per heavy atom. The van der Waals surface area contributed by atoms with Crippen molar-refractivity contribution in [2.45, 2.75) is 11.3 Å². The average molecular weight is 298 g/mol. The predicted octanol–water partition coefficient (Wildman–Crippen LogP) is -0.0239. The molecule has 20 heavy (non-hydrogen) atoms. The molecule has 0 aliphatic carbocycles. The number of nitrogens with zero attached hydrogens (tertiary/aromatic N) is 3. The summed E-state index contributed by atoms with van der Waals surface area (Å²) in [5.74, 6) is 0.0959. The maximum atomic E-state index is 12.6. The Kier molecular flexibility index (Phi) is 4.24. The van der Waals surface area contributed by atoms with E-state index in [1.54, 1.807) is 25.1 Å². The number of rotatable bonds is 3. The van der Waals surface area contributed by atoms with Gasteiger partial charge in [-0.05, 0) is 18.6 Å². The molecule has 7 nitrogen and oxygen atoms in total. The maximum absolute atomic E-state index is 12.6. The first-order chi connectivity index (χ1) is 9.46. The SMILES string of the molecule is CNc1ncccc1S(=O)(=O)N1CCCN(C)C(=O)C1. The fourth-order valence-corrected chi connectivity index (χ4v) is 3.67. The van der Waals surface area contributed by atoms with Crippen LogP contribution in [0.5, 0.6) is 0 Å². The minimum Gasteiger partial charge on any atom is -0.372 e. The number of aromatic nitrogens is 1. The quantitative estimate of drug-likeness (QED) is 0.848. The van der Waals surface area contributed by atoms with Crippen LogP contribution in [-0.4, -0.2) is 62.2 Å². The molecule has 0 unspecified atom stereocenters. The molecular weight excluding hydrogens is 280 g/mol. The number of hydrogen-bond acceptors (Lipinski definition) is 5. The fraction of sp³-hybridized carbons (Fsp3) is 0.500. The molecule has 2 rings (SSSR count). The largest absolute Gasteiger partial charge is 0.372 e. The second-order valence-corrected chi connectivity index (χ2v) is 6.51. The summed E-state index contributed by atoms with van der Waals surface area (Å²) >= 11 is 0. The molecule has 1 amide bonds. The third-order valence-corrected chi connectivity index (χ3v) is 5.14. The summed E-state index contributed by atoms with van der Waals surface area (Å²) < 4.78 is 26.5. The standard InChI is InChI=1S/C12H18N4O3S/c1-13-12-10(5-3-6-14-12)20(18,19)16-8-4-7-15(2)11(17)9-16/h3,5-6H,4,7-9H2,1-2H3,(H,13,14). The Bertz CT molecular complexity index is 602. The van der Waals surface area contributed by atoms with Gasteiger partial charge in [0, 0.05) is 33.4 Å². The summed E-state index contributed by atoms with van der Waals surface area (Å²) in [7, 11) is -0.428. The van der Waals surface area contributed by atoms with Crippen molar-refractivity contribution in [2.75, 3.05) is 39.0 Å². The lowest BCUT2D eigenvalue weighted by Gasteiger charge is -2.20. The average Bonchev–Trinajstić information content (AvgIpc) is 2.61. The van der Waals surface area contributed by atoms with E-state index in [1.807, 2.05) is 0 Å². The highest BCUT2D eigenvalue weighted by atomic mass is 32.2. The van der Waals surface area contributed by atoms with E-state index in [1.165, 1.54) is 16.6 Å². The first-order valence-electron chi connectivity index (χ1n) is 6.33. The molecule has 110 valence electrons. The number of amides is 1. The molecule has 1 aliphatic rings. The van der Waals surface area contributed by atoms with Crippen molar-refractivity contribution in [3.63, 3.8) is 0 Å². The van der Waals surface area contributed by atoms with Crippen LogP contribution in [0.4, 0.5) is 5.82 Å². The van der Waals surface area contributed by atoms with Crippen LogP contribution in [0.2, 0.25) is 0 Å². The van der Waals surface area contributed by atoms with Crippen LogP contribution < -0.4 is 5.32 Å². The van der Waals surface area contributed by atoms with Crippen molar-refractivity contribution in [1.29, 1.82) is 0 Å². The van der Waals surface area contributed by atoms with Crippen LogP contribution in [0, 0.1) is 0 Å². The first kappa shape index (κ1) is 14.7. The third-order valence-electron chi connectivity index (χ3n) is 3.26. The molecule has 1 fully saturated rings. The summed E-state index contributed by atoms with van der Waals surface area (Å²) in [6, 6.07) is 3.06. The zero-order valence-electron chi connectivity index (χ0n) is 11.5. The highest BCUT2D eigenvalue weighted by Gasteiger charge is 2.31. The molecule has 1 aromatic heterocycles. The second-order valence-electron chi connectivity index (χ2n) is 4.61. The number of carbonyl (C=O) groups is 1. The zero-order chi connectivity index (χ0) is 14.8. The van der Waals surface area contributed by atoms with Crippen molar-refractivity contribution in [3.8, 4) is 0 Å². The van der Waals surface area contributed by atoms with E-state index in [9.17, 15) is 13.2 Å². The van der Waals surface area contributed by atoms with Gasteiger partial charge < -0.3 is 10.2 Å². The van der Waals surface area contributed by atoms with Crippen LogP contribution in [0.25, 0.3) is 0 Å². The van der Waals surface area contributed by atoms with E-state index in [0.29, 0.717) is 19.5 Å². The van der Waals surface area contributed by atoms with Gasteiger partial charge in [0.05, 0.1) is 6.54 Å². The minimum absolute atomic E-state index is 0.0971. The first-order valence-corrected chi connectivity index (χ1v) is 7.77. The number of likely N-dealkylation sites (N-methyl/N-ethyl adjacent to an activating group) is 1. The Hall–Kier alpha value is -1.67. The van der Waals surface area contributed by atoms with E-state index < -0.39 is 10.0 Å². The van der Waals surface area contributed by atoms with Gasteiger partial charge in [-0.25, -0.2) is 13.4 Å². The molecule has 0 radical (unpaired) electrons. The molecule has 0 spiro atoms. The van der Waals surface area contributed by atoms with Crippen LogP contribution in [0.3, 0.4) is 0 Å². The van der Waals surface area contributed by atoms with Crippen LogP contribution >= 0.6 is 0 Å². The van der Waals surface area contributed by atoms with Crippen LogP contribution in [0.15, 0.2) is 23.2 Å². The van der Waals surface area contributed by atoms with Crippen LogP contribution in [0.1, 0.15) is 6.42 Å². The van der Waals surface area contributed by atoms with E-state index >= 15 is 0 Å². The monoisotopic (exact) mass is 298 g/mol. The molecule has 2 heterocycles. The predicted molar refractivity (Wildman–Crippen MR) is 74.8 cm³/mol. The van der Waals surface area contributed by atoms with E-state index in [-0.39, 0.29) is 23.2 Å². The van der Waals surface area contributed by atoms with Crippen molar-refractivity contribution >= 4 is 21.7 Å². The summed E-state index contributed by atoms with van der Waals surface area (Å²) in [4.78, 5) is 17.5. The summed E-state index contributed by atoms with van der Waals surface area (Å²) in [6.07, 6.45) is 2.14. The number of sulfonamides is 1. The van der Waals surface area contributed by atoms with Crippen LogP contribution in [-0.2, 0) is 14.8 Å². The van der Waals surface area contributed by atoms with Gasteiger partial charge in [-0.3, -0.25) is 4.79 Å². The second kappa shape index (κ2) is 5.76. The maximum Gasteiger partial charge on any atom is 0.247 e. The van der Waals surface area contributed by atoms with Gasteiger partial charge in [0.15, 0.2) is 0 Å². The molecule has 0 bridgehead atoms. The summed E-state index contributed by atoms with van der Waals surface area (Å²) in [5, 5.41) is 2.76. The highest BCUT2D eigenvalue weighted by molar-refractivity contribution is 7.89. The molecule has 1 N–H and O–H groups in total. The van der Waals surface area contributed by atoms with E-state index in [4.69, 9.17) is 0 Å². The van der Waals surface area contributed by atoms with Gasteiger partial charge in [-0.1, -0.05) is 0 Å². The summed E-state index contributed by atoms with van der Waals surface area (Å²) in [6.45, 7) is 0.768. The Morgan fingerprint density at radius 1 is 1.35 bits per heavy atom. The highest BCUT2D eigenvalue weighted by Crippen LogP contribution is 2.23. The fourth-order valence-electron chi connectivity index (χ4n) is 2.09. The smallest absolute Gasteiger partial charge is 0.247 e. The Morgan fingerprint density at radius 3 is 2.80 bits per heavy atom. The number of nitrogens with one attached hydrogen (secondary N) is 1. The Labute approximate surface area is 118 Å². The molecular formula is C12H18N4O3S. The molecule has 1 saturated heterocycles. The molecule has 0 saturated carbocycles. The van der Waals surface area contributed by atoms with E-state index in [0.717, 1.165) is 0 Å². The van der Waals surface area contributed by atoms with Gasteiger partial charge in [0.2, 0.25) is 15.9 Å². The third kappa shape index (κ3) is 2.75. The normalized spacial score (nSPS) is 17.9.